The smallest absolute Gasteiger partial charge is 0.238 e. The molecular weight excluding hydrogens is 287 g/mol. The molecule has 0 saturated heterocycles. The molecule has 2 rings (SSSR count). The molecule has 0 saturated carbocycles. The summed E-state index contributed by atoms with van der Waals surface area (Å²) < 4.78 is 5.14. The van der Waals surface area contributed by atoms with Gasteiger partial charge in [0.05, 0.1) is 35.1 Å². The predicted molar refractivity (Wildman–Crippen MR) is 75.5 cm³/mol. The van der Waals surface area contributed by atoms with Gasteiger partial charge in [-0.25, -0.2) is 0 Å². The van der Waals surface area contributed by atoms with Gasteiger partial charge >= 0.3 is 0 Å². The largest absolute Gasteiger partial charge is 0.468 e. The molecule has 0 aliphatic carbocycles. The zero-order chi connectivity index (χ0) is 13.7. The number of carbonyl (C=O) groups is 1. The Balaban J connectivity index is 1.82. The van der Waals surface area contributed by atoms with Crippen molar-refractivity contribution in [1.29, 1.82) is 0 Å². The molecule has 0 aliphatic heterocycles. The predicted octanol–water partition coefficient (Wildman–Crippen LogP) is 3.31. The molecule has 2 N–H and O–H groups in total. The summed E-state index contributed by atoms with van der Waals surface area (Å²) in [5.41, 5.74) is 0.499. The summed E-state index contributed by atoms with van der Waals surface area (Å²) in [6, 6.07) is 8.70. The lowest BCUT2D eigenvalue weighted by molar-refractivity contribution is -0.115. The Bertz CT molecular complexity index is 556. The molecule has 0 radical (unpaired) electrons. The van der Waals surface area contributed by atoms with E-state index in [1.165, 1.54) is 0 Å². The van der Waals surface area contributed by atoms with E-state index in [0.717, 1.165) is 5.76 Å². The van der Waals surface area contributed by atoms with Crippen molar-refractivity contribution >= 4 is 34.8 Å². The third-order valence-electron chi connectivity index (χ3n) is 2.39. The van der Waals surface area contributed by atoms with Gasteiger partial charge in [-0.05, 0) is 24.3 Å². The summed E-state index contributed by atoms with van der Waals surface area (Å²) in [4.78, 5) is 11.7. The van der Waals surface area contributed by atoms with Crippen LogP contribution < -0.4 is 10.6 Å². The van der Waals surface area contributed by atoms with E-state index in [0.29, 0.717) is 22.3 Å². The molecule has 0 aliphatic rings. The lowest BCUT2D eigenvalue weighted by Gasteiger charge is -2.08. The van der Waals surface area contributed by atoms with Crippen LogP contribution in [0.25, 0.3) is 0 Å². The van der Waals surface area contributed by atoms with E-state index in [2.05, 4.69) is 10.6 Å². The van der Waals surface area contributed by atoms with E-state index < -0.39 is 0 Å². The second-order valence-electron chi connectivity index (χ2n) is 3.83. The number of nitrogens with one attached hydrogen (secondary N) is 2. The molecule has 1 amide bonds. The lowest BCUT2D eigenvalue weighted by Crippen LogP contribution is -2.27. The summed E-state index contributed by atoms with van der Waals surface area (Å²) in [6.07, 6.45) is 1.59. The van der Waals surface area contributed by atoms with Crippen LogP contribution in [0.2, 0.25) is 10.0 Å². The number of amides is 1. The molecule has 1 heterocycles. The summed E-state index contributed by atoms with van der Waals surface area (Å²) in [5, 5.41) is 6.38. The van der Waals surface area contributed by atoms with Crippen molar-refractivity contribution in [3.05, 3.63) is 52.4 Å². The number of benzene rings is 1. The van der Waals surface area contributed by atoms with Gasteiger partial charge < -0.3 is 15.1 Å². The molecule has 100 valence electrons. The first-order valence-corrected chi connectivity index (χ1v) is 6.39. The van der Waals surface area contributed by atoms with Gasteiger partial charge in [-0.15, -0.1) is 0 Å². The number of carbonyl (C=O) groups excluding carboxylic acids is 1. The fourth-order valence-electron chi connectivity index (χ4n) is 1.51. The maximum absolute atomic E-state index is 11.7. The summed E-state index contributed by atoms with van der Waals surface area (Å²) in [6.45, 7) is 0.646. The van der Waals surface area contributed by atoms with Crippen LogP contribution in [0.1, 0.15) is 5.76 Å². The molecule has 2 aromatic rings. The van der Waals surface area contributed by atoms with Crippen molar-refractivity contribution in [1.82, 2.24) is 5.32 Å². The fraction of sp³-hybridized carbons (Fsp3) is 0.154. The zero-order valence-corrected chi connectivity index (χ0v) is 11.5. The third kappa shape index (κ3) is 3.99. The molecule has 1 aromatic heterocycles. The summed E-state index contributed by atoms with van der Waals surface area (Å²) in [7, 11) is 0. The number of furan rings is 1. The van der Waals surface area contributed by atoms with Gasteiger partial charge in [-0.1, -0.05) is 29.3 Å². The minimum absolute atomic E-state index is 0.156. The van der Waals surface area contributed by atoms with Crippen LogP contribution in [-0.4, -0.2) is 12.5 Å². The van der Waals surface area contributed by atoms with E-state index in [1.807, 2.05) is 6.07 Å². The SMILES string of the molecule is O=C(CNCc1ccco1)Nc1cccc(Cl)c1Cl. The van der Waals surface area contributed by atoms with Crippen molar-refractivity contribution in [3.8, 4) is 0 Å². The van der Waals surface area contributed by atoms with E-state index in [4.69, 9.17) is 27.6 Å². The van der Waals surface area contributed by atoms with Gasteiger partial charge in [0.2, 0.25) is 5.91 Å². The van der Waals surface area contributed by atoms with Gasteiger partial charge in [0.15, 0.2) is 0 Å². The van der Waals surface area contributed by atoms with Crippen molar-refractivity contribution in [2.75, 3.05) is 11.9 Å². The molecule has 0 atom stereocenters. The van der Waals surface area contributed by atoms with Crippen LogP contribution in [0, 0.1) is 0 Å². The normalized spacial score (nSPS) is 10.4. The topological polar surface area (TPSA) is 54.3 Å². The average Bonchev–Trinajstić information content (AvgIpc) is 2.88. The standard InChI is InChI=1S/C13H12Cl2N2O2/c14-10-4-1-5-11(13(10)15)17-12(18)8-16-7-9-3-2-6-19-9/h1-6,16H,7-8H2,(H,17,18). The molecule has 0 bridgehead atoms. The van der Waals surface area contributed by atoms with Crippen LogP contribution in [0.3, 0.4) is 0 Å². The van der Waals surface area contributed by atoms with E-state index in [-0.39, 0.29) is 12.5 Å². The van der Waals surface area contributed by atoms with Crippen molar-refractivity contribution in [2.45, 2.75) is 6.54 Å². The van der Waals surface area contributed by atoms with Gasteiger partial charge in [0.1, 0.15) is 5.76 Å². The molecule has 0 fully saturated rings. The number of halogens is 2. The minimum atomic E-state index is -0.198. The quantitative estimate of drug-likeness (QED) is 0.890. The minimum Gasteiger partial charge on any atom is -0.468 e. The van der Waals surface area contributed by atoms with Crippen LogP contribution in [0.5, 0.6) is 0 Å². The van der Waals surface area contributed by atoms with Gasteiger partial charge in [-0.3, -0.25) is 4.79 Å². The fourth-order valence-corrected chi connectivity index (χ4v) is 1.85. The van der Waals surface area contributed by atoms with E-state index >= 15 is 0 Å². The molecule has 6 heteroatoms. The number of hydrogen-bond acceptors (Lipinski definition) is 3. The number of hydrogen-bond donors (Lipinski definition) is 2. The molecule has 4 nitrogen and oxygen atoms in total. The van der Waals surface area contributed by atoms with Gasteiger partial charge in [0, 0.05) is 0 Å². The van der Waals surface area contributed by atoms with Crippen LogP contribution in [0.4, 0.5) is 5.69 Å². The Labute approximate surface area is 120 Å². The Morgan fingerprint density at radius 2 is 2.05 bits per heavy atom. The molecule has 0 spiro atoms. The monoisotopic (exact) mass is 298 g/mol. The van der Waals surface area contributed by atoms with Gasteiger partial charge in [0.25, 0.3) is 0 Å². The maximum atomic E-state index is 11.7. The lowest BCUT2D eigenvalue weighted by atomic mass is 10.3. The average molecular weight is 299 g/mol. The number of rotatable bonds is 5. The zero-order valence-electron chi connectivity index (χ0n) is 9.95. The highest BCUT2D eigenvalue weighted by molar-refractivity contribution is 6.43. The Hall–Kier alpha value is -1.49. The van der Waals surface area contributed by atoms with Crippen LogP contribution in [0.15, 0.2) is 41.0 Å². The van der Waals surface area contributed by atoms with Crippen LogP contribution >= 0.6 is 23.2 Å². The molecule has 19 heavy (non-hydrogen) atoms. The highest BCUT2D eigenvalue weighted by Gasteiger charge is 2.08. The highest BCUT2D eigenvalue weighted by Crippen LogP contribution is 2.29. The third-order valence-corrected chi connectivity index (χ3v) is 3.21. The van der Waals surface area contributed by atoms with E-state index in [9.17, 15) is 4.79 Å². The summed E-state index contributed by atoms with van der Waals surface area (Å²) in [5.74, 6) is 0.573. The second-order valence-corrected chi connectivity index (χ2v) is 4.62. The second kappa shape index (κ2) is 6.61. The van der Waals surface area contributed by atoms with Crippen molar-refractivity contribution < 1.29 is 9.21 Å². The molecule has 0 unspecified atom stereocenters. The van der Waals surface area contributed by atoms with Gasteiger partial charge in [-0.2, -0.15) is 0 Å². The molecule has 1 aromatic carbocycles. The number of anilines is 1. The van der Waals surface area contributed by atoms with Crippen molar-refractivity contribution in [3.63, 3.8) is 0 Å². The Kier molecular flexibility index (Phi) is 4.85. The van der Waals surface area contributed by atoms with Crippen molar-refractivity contribution in [2.24, 2.45) is 0 Å². The molecular formula is C13H12Cl2N2O2. The first kappa shape index (κ1) is 13.9. The Morgan fingerprint density at radius 1 is 1.21 bits per heavy atom. The Morgan fingerprint density at radius 3 is 2.79 bits per heavy atom. The van der Waals surface area contributed by atoms with E-state index in [1.54, 1.807) is 30.5 Å². The highest BCUT2D eigenvalue weighted by atomic mass is 35.5. The van der Waals surface area contributed by atoms with Crippen LogP contribution in [-0.2, 0) is 11.3 Å². The maximum Gasteiger partial charge on any atom is 0.238 e. The first-order valence-electron chi connectivity index (χ1n) is 5.64. The summed E-state index contributed by atoms with van der Waals surface area (Å²) >= 11 is 11.8. The first-order chi connectivity index (χ1) is 9.16.